The topological polar surface area (TPSA) is 49.4 Å². The van der Waals surface area contributed by atoms with Crippen molar-refractivity contribution < 1.29 is 14.0 Å². The van der Waals surface area contributed by atoms with Gasteiger partial charge in [-0.15, -0.1) is 0 Å². The van der Waals surface area contributed by atoms with Gasteiger partial charge < -0.3 is 10.2 Å². The molecule has 158 valence electrons. The van der Waals surface area contributed by atoms with Gasteiger partial charge >= 0.3 is 0 Å². The van der Waals surface area contributed by atoms with Crippen molar-refractivity contribution in [3.05, 3.63) is 69.4 Å². The maximum absolute atomic E-state index is 13.7. The average molecular weight is 473 g/mol. The Morgan fingerprint density at radius 2 is 1.93 bits per heavy atom. The molecule has 2 atom stereocenters. The number of aryl methyl sites for hydroxylation is 1. The Morgan fingerprint density at radius 1 is 1.17 bits per heavy atom. The summed E-state index contributed by atoms with van der Waals surface area (Å²) in [6.45, 7) is 3.29. The van der Waals surface area contributed by atoms with E-state index in [0.29, 0.717) is 44.0 Å². The zero-order valence-electron chi connectivity index (χ0n) is 17.0. The van der Waals surface area contributed by atoms with Crippen LogP contribution in [0.2, 0.25) is 0 Å². The van der Waals surface area contributed by atoms with Crippen molar-refractivity contribution in [3.8, 4) is 0 Å². The molecule has 1 aliphatic carbocycles. The van der Waals surface area contributed by atoms with Crippen molar-refractivity contribution in [1.29, 1.82) is 0 Å². The summed E-state index contributed by atoms with van der Waals surface area (Å²) in [5.74, 6) is 0.238. The van der Waals surface area contributed by atoms with Gasteiger partial charge in [0.05, 0.1) is 0 Å². The van der Waals surface area contributed by atoms with Crippen molar-refractivity contribution >= 4 is 27.7 Å². The van der Waals surface area contributed by atoms with Gasteiger partial charge in [-0.25, -0.2) is 4.39 Å². The van der Waals surface area contributed by atoms with E-state index < -0.39 is 0 Å². The molecule has 1 saturated heterocycles. The van der Waals surface area contributed by atoms with Crippen LogP contribution >= 0.6 is 15.9 Å². The number of hydrogen-bond donors (Lipinski definition) is 1. The molecular weight excluding hydrogens is 447 g/mol. The second kappa shape index (κ2) is 8.88. The number of rotatable bonds is 5. The minimum atomic E-state index is -0.255. The fourth-order valence-corrected chi connectivity index (χ4v) is 4.67. The predicted octanol–water partition coefficient (Wildman–Crippen LogP) is 4.56. The minimum Gasteiger partial charge on any atom is -0.352 e. The van der Waals surface area contributed by atoms with E-state index in [-0.39, 0.29) is 29.5 Å². The summed E-state index contributed by atoms with van der Waals surface area (Å²) in [5, 5.41) is 2.91. The molecule has 2 aliphatic rings. The number of hydrogen-bond acceptors (Lipinski definition) is 2. The summed E-state index contributed by atoms with van der Waals surface area (Å²) in [4.78, 5) is 27.3. The first-order valence-electron chi connectivity index (χ1n) is 10.5. The summed E-state index contributed by atoms with van der Waals surface area (Å²) in [6.07, 6.45) is 2.25. The van der Waals surface area contributed by atoms with Gasteiger partial charge in [-0.3, -0.25) is 9.59 Å². The van der Waals surface area contributed by atoms with Crippen molar-refractivity contribution in [2.75, 3.05) is 13.1 Å². The van der Waals surface area contributed by atoms with Crippen LogP contribution in [-0.2, 0) is 16.1 Å². The van der Waals surface area contributed by atoms with Gasteiger partial charge in [0.2, 0.25) is 11.8 Å². The Labute approximate surface area is 185 Å². The predicted molar refractivity (Wildman–Crippen MR) is 117 cm³/mol. The van der Waals surface area contributed by atoms with E-state index in [1.54, 1.807) is 13.0 Å². The van der Waals surface area contributed by atoms with Crippen LogP contribution in [0.1, 0.15) is 41.9 Å². The fourth-order valence-electron chi connectivity index (χ4n) is 4.25. The highest BCUT2D eigenvalue weighted by Gasteiger charge is 2.46. The number of nitrogens with one attached hydrogen (secondary N) is 1. The average Bonchev–Trinajstić information content (AvgIpc) is 3.55. The molecule has 2 aromatic rings. The molecule has 1 aliphatic heterocycles. The first kappa shape index (κ1) is 21.0. The summed E-state index contributed by atoms with van der Waals surface area (Å²) in [5.41, 5.74) is 2.57. The third kappa shape index (κ3) is 4.75. The Kier molecular flexibility index (Phi) is 6.23. The Balaban J connectivity index is 1.24. The normalized spacial score (nSPS) is 21.4. The third-order valence-corrected chi connectivity index (χ3v) is 6.76. The first-order valence-corrected chi connectivity index (χ1v) is 11.3. The van der Waals surface area contributed by atoms with E-state index in [4.69, 9.17) is 0 Å². The highest BCUT2D eigenvalue weighted by molar-refractivity contribution is 9.10. The molecule has 0 bridgehead atoms. The summed E-state index contributed by atoms with van der Waals surface area (Å²) in [7, 11) is 0. The first-order chi connectivity index (χ1) is 14.4. The zero-order valence-corrected chi connectivity index (χ0v) is 18.6. The van der Waals surface area contributed by atoms with Gasteiger partial charge in [0.15, 0.2) is 0 Å². The van der Waals surface area contributed by atoms with Crippen LogP contribution in [0.5, 0.6) is 0 Å². The molecule has 2 unspecified atom stereocenters. The van der Waals surface area contributed by atoms with Crippen molar-refractivity contribution in [1.82, 2.24) is 10.2 Å². The molecule has 2 amide bonds. The van der Waals surface area contributed by atoms with E-state index >= 15 is 0 Å². The Morgan fingerprint density at radius 3 is 2.63 bits per heavy atom. The standard InChI is InChI=1S/C24H26BrFN2O2/c1-15-5-6-16(11-22(15)26)14-27-23(29)17-7-9-28(10-8-17)24(30)21-13-20(21)18-3-2-4-19(25)12-18/h2-6,11-12,17,20-21H,7-10,13-14H2,1H3,(H,27,29). The highest BCUT2D eigenvalue weighted by atomic mass is 79.9. The van der Waals surface area contributed by atoms with Crippen LogP contribution in [0.3, 0.4) is 0 Å². The van der Waals surface area contributed by atoms with Gasteiger partial charge in [-0.2, -0.15) is 0 Å². The van der Waals surface area contributed by atoms with E-state index in [1.165, 1.54) is 11.6 Å². The fraction of sp³-hybridized carbons (Fsp3) is 0.417. The smallest absolute Gasteiger partial charge is 0.226 e. The molecule has 2 fully saturated rings. The molecule has 2 aromatic carbocycles. The van der Waals surface area contributed by atoms with Gasteiger partial charge in [-0.1, -0.05) is 40.2 Å². The number of amides is 2. The molecule has 0 spiro atoms. The summed E-state index contributed by atoms with van der Waals surface area (Å²) < 4.78 is 14.7. The Bertz CT molecular complexity index is 956. The lowest BCUT2D eigenvalue weighted by Crippen LogP contribution is -2.43. The van der Waals surface area contributed by atoms with E-state index in [1.807, 2.05) is 23.1 Å². The second-order valence-corrected chi connectivity index (χ2v) is 9.32. The third-order valence-electron chi connectivity index (χ3n) is 6.26. The molecule has 0 aromatic heterocycles. The van der Waals surface area contributed by atoms with Crippen molar-refractivity contribution in [3.63, 3.8) is 0 Å². The lowest BCUT2D eigenvalue weighted by Gasteiger charge is -2.31. The van der Waals surface area contributed by atoms with Crippen LogP contribution < -0.4 is 5.32 Å². The molecule has 6 heteroatoms. The van der Waals surface area contributed by atoms with Gasteiger partial charge in [0.25, 0.3) is 0 Å². The molecule has 0 radical (unpaired) electrons. The van der Waals surface area contributed by atoms with Crippen LogP contribution in [0.25, 0.3) is 0 Å². The number of carbonyl (C=O) groups excluding carboxylic acids is 2. The Hall–Kier alpha value is -2.21. The van der Waals surface area contributed by atoms with Crippen molar-refractivity contribution in [2.45, 2.75) is 38.6 Å². The minimum absolute atomic E-state index is 0.0125. The highest BCUT2D eigenvalue weighted by Crippen LogP contribution is 2.49. The van der Waals surface area contributed by atoms with Crippen LogP contribution in [0.15, 0.2) is 46.9 Å². The van der Waals surface area contributed by atoms with Crippen LogP contribution in [-0.4, -0.2) is 29.8 Å². The molecular formula is C24H26BrFN2O2. The number of piperidine rings is 1. The second-order valence-electron chi connectivity index (χ2n) is 8.40. The van der Waals surface area contributed by atoms with E-state index in [2.05, 4.69) is 33.4 Å². The van der Waals surface area contributed by atoms with Crippen LogP contribution in [0.4, 0.5) is 4.39 Å². The molecule has 1 heterocycles. The SMILES string of the molecule is Cc1ccc(CNC(=O)C2CCN(C(=O)C3CC3c3cccc(Br)c3)CC2)cc1F. The van der Waals surface area contributed by atoms with Gasteiger partial charge in [0.1, 0.15) is 5.82 Å². The number of likely N-dealkylation sites (tertiary alicyclic amines) is 1. The molecule has 4 nitrogen and oxygen atoms in total. The number of benzene rings is 2. The molecule has 1 N–H and O–H groups in total. The van der Waals surface area contributed by atoms with Gasteiger partial charge in [0, 0.05) is 35.9 Å². The largest absolute Gasteiger partial charge is 0.352 e. The van der Waals surface area contributed by atoms with Gasteiger partial charge in [-0.05, 0) is 67.0 Å². The van der Waals surface area contributed by atoms with Crippen molar-refractivity contribution in [2.24, 2.45) is 11.8 Å². The van der Waals surface area contributed by atoms with E-state index in [0.717, 1.165) is 16.5 Å². The monoisotopic (exact) mass is 472 g/mol. The van der Waals surface area contributed by atoms with E-state index in [9.17, 15) is 14.0 Å². The lowest BCUT2D eigenvalue weighted by molar-refractivity contribution is -0.136. The summed E-state index contributed by atoms with van der Waals surface area (Å²) >= 11 is 3.49. The quantitative estimate of drug-likeness (QED) is 0.693. The molecule has 4 rings (SSSR count). The molecule has 30 heavy (non-hydrogen) atoms. The zero-order chi connectivity index (χ0) is 21.3. The number of nitrogens with zero attached hydrogens (tertiary/aromatic N) is 1. The van der Waals surface area contributed by atoms with Crippen LogP contribution in [0, 0.1) is 24.6 Å². The maximum Gasteiger partial charge on any atom is 0.226 e. The number of halogens is 2. The summed E-state index contributed by atoms with van der Waals surface area (Å²) in [6, 6.07) is 13.2. The molecule has 1 saturated carbocycles. The maximum atomic E-state index is 13.7. The lowest BCUT2D eigenvalue weighted by atomic mass is 9.95. The number of carbonyl (C=O) groups is 2.